The molecule has 0 aliphatic carbocycles. The summed E-state index contributed by atoms with van der Waals surface area (Å²) in [6.45, 7) is 1.68. The molecule has 0 saturated carbocycles. The van der Waals surface area contributed by atoms with E-state index >= 15 is 0 Å². The van der Waals surface area contributed by atoms with Crippen LogP contribution in [-0.2, 0) is 23.7 Å². The third-order valence-corrected chi connectivity index (χ3v) is 3.29. The molecule has 0 aromatic rings. The van der Waals surface area contributed by atoms with Crippen LogP contribution in [0.3, 0.4) is 0 Å². The minimum absolute atomic E-state index is 0.105. The first-order chi connectivity index (χ1) is 11.6. The predicted octanol–water partition coefficient (Wildman–Crippen LogP) is -2.51. The summed E-state index contributed by atoms with van der Waals surface area (Å²) in [5.41, 5.74) is 0. The smallest absolute Gasteiger partial charge is 0.186 e. The third kappa shape index (κ3) is 7.40. The van der Waals surface area contributed by atoms with Gasteiger partial charge in [0.1, 0.15) is 31.0 Å². The first-order valence-corrected chi connectivity index (χ1v) is 7.70. The Labute approximate surface area is 141 Å². The maximum Gasteiger partial charge on any atom is 0.186 e. The van der Waals surface area contributed by atoms with Crippen molar-refractivity contribution >= 4 is 0 Å². The van der Waals surface area contributed by atoms with Crippen molar-refractivity contribution in [1.29, 1.82) is 0 Å². The molecule has 5 atom stereocenters. The Bertz CT molecular complexity index is 357. The molecule has 4 N–H and O–H groups in total. The maximum absolute atomic E-state index is 9.76. The molecule has 0 bridgehead atoms. The molecule has 1 fully saturated rings. The molecule has 1 unspecified atom stereocenters. The SMILES string of the molecule is C#CCOCCOCCOCCOC1O[C@H](CO)[C@@H](O)[C@H](O)[C@@H]1O. The predicted molar refractivity (Wildman–Crippen MR) is 81.0 cm³/mol. The molecule has 1 aliphatic rings. The Morgan fingerprint density at radius 3 is 2.00 bits per heavy atom. The van der Waals surface area contributed by atoms with Gasteiger partial charge in [-0.05, 0) is 0 Å². The van der Waals surface area contributed by atoms with Crippen molar-refractivity contribution in [3.8, 4) is 12.3 Å². The lowest BCUT2D eigenvalue weighted by Crippen LogP contribution is -2.59. The van der Waals surface area contributed by atoms with Gasteiger partial charge in [0.2, 0.25) is 0 Å². The van der Waals surface area contributed by atoms with Gasteiger partial charge in [-0.3, -0.25) is 0 Å². The highest BCUT2D eigenvalue weighted by molar-refractivity contribution is 4.88. The molecule has 9 nitrogen and oxygen atoms in total. The second-order valence-electron chi connectivity index (χ2n) is 5.05. The molecule has 0 aromatic heterocycles. The summed E-state index contributed by atoms with van der Waals surface area (Å²) >= 11 is 0. The fraction of sp³-hybridized carbons (Fsp3) is 0.867. The van der Waals surface area contributed by atoms with Crippen molar-refractivity contribution in [2.45, 2.75) is 30.7 Å². The fourth-order valence-corrected chi connectivity index (χ4v) is 2.00. The molecule has 24 heavy (non-hydrogen) atoms. The first-order valence-electron chi connectivity index (χ1n) is 7.70. The van der Waals surface area contributed by atoms with E-state index in [2.05, 4.69) is 5.92 Å². The summed E-state index contributed by atoms with van der Waals surface area (Å²) in [4.78, 5) is 0. The van der Waals surface area contributed by atoms with Crippen molar-refractivity contribution in [2.24, 2.45) is 0 Å². The van der Waals surface area contributed by atoms with Crippen LogP contribution in [0.1, 0.15) is 0 Å². The molecular formula is C15H26O9. The van der Waals surface area contributed by atoms with E-state index in [1.165, 1.54) is 0 Å². The average Bonchev–Trinajstić information content (AvgIpc) is 2.59. The van der Waals surface area contributed by atoms with E-state index in [1.807, 2.05) is 0 Å². The second-order valence-corrected chi connectivity index (χ2v) is 5.05. The van der Waals surface area contributed by atoms with E-state index < -0.39 is 37.3 Å². The molecular weight excluding hydrogens is 324 g/mol. The van der Waals surface area contributed by atoms with Crippen molar-refractivity contribution < 1.29 is 44.1 Å². The van der Waals surface area contributed by atoms with Gasteiger partial charge in [-0.1, -0.05) is 5.92 Å². The molecule has 0 aromatic carbocycles. The highest BCUT2D eigenvalue weighted by Gasteiger charge is 2.43. The Morgan fingerprint density at radius 1 is 0.833 bits per heavy atom. The lowest BCUT2D eigenvalue weighted by molar-refractivity contribution is -0.302. The normalized spacial score (nSPS) is 30.2. The summed E-state index contributed by atoms with van der Waals surface area (Å²) in [6, 6.07) is 0. The molecule has 1 heterocycles. The van der Waals surface area contributed by atoms with E-state index in [9.17, 15) is 15.3 Å². The standard InChI is InChI=1S/C15H26O9/c1-2-3-20-4-5-21-6-7-22-8-9-23-15-14(19)13(18)12(17)11(10-16)24-15/h1,11-19H,3-10H2/t11-,12-,13+,14+,15?/m1/s1. The molecule has 0 radical (unpaired) electrons. The van der Waals surface area contributed by atoms with Crippen LogP contribution in [0.5, 0.6) is 0 Å². The Kier molecular flexibility index (Phi) is 11.1. The van der Waals surface area contributed by atoms with Gasteiger partial charge in [0, 0.05) is 0 Å². The van der Waals surface area contributed by atoms with Crippen LogP contribution in [0, 0.1) is 12.3 Å². The zero-order chi connectivity index (χ0) is 17.8. The van der Waals surface area contributed by atoms with Gasteiger partial charge in [-0.25, -0.2) is 0 Å². The molecule has 1 aliphatic heterocycles. The van der Waals surface area contributed by atoms with Crippen molar-refractivity contribution in [1.82, 2.24) is 0 Å². The fourth-order valence-electron chi connectivity index (χ4n) is 2.00. The number of hydrogen-bond acceptors (Lipinski definition) is 9. The van der Waals surface area contributed by atoms with Crippen LogP contribution in [0.4, 0.5) is 0 Å². The van der Waals surface area contributed by atoms with E-state index in [1.54, 1.807) is 0 Å². The van der Waals surface area contributed by atoms with E-state index in [0.717, 1.165) is 0 Å². The van der Waals surface area contributed by atoms with Crippen LogP contribution in [0.25, 0.3) is 0 Å². The quantitative estimate of drug-likeness (QED) is 0.223. The number of aliphatic hydroxyl groups excluding tert-OH is 4. The molecule has 1 saturated heterocycles. The van der Waals surface area contributed by atoms with E-state index in [0.29, 0.717) is 26.4 Å². The van der Waals surface area contributed by atoms with Gasteiger partial charge in [0.25, 0.3) is 0 Å². The monoisotopic (exact) mass is 350 g/mol. The van der Waals surface area contributed by atoms with Gasteiger partial charge in [-0.2, -0.15) is 0 Å². The Hall–Kier alpha value is -0.800. The van der Waals surface area contributed by atoms with Crippen LogP contribution >= 0.6 is 0 Å². The molecule has 9 heteroatoms. The summed E-state index contributed by atoms with van der Waals surface area (Å²) in [5.74, 6) is 2.35. The number of ether oxygens (including phenoxy) is 5. The van der Waals surface area contributed by atoms with Gasteiger partial charge in [0.05, 0.1) is 46.2 Å². The number of aliphatic hydroxyl groups is 4. The highest BCUT2D eigenvalue weighted by Crippen LogP contribution is 2.21. The van der Waals surface area contributed by atoms with E-state index in [4.69, 9.17) is 35.2 Å². The van der Waals surface area contributed by atoms with Crippen LogP contribution in [-0.4, -0.2) is 104 Å². The van der Waals surface area contributed by atoms with E-state index in [-0.39, 0.29) is 19.8 Å². The summed E-state index contributed by atoms with van der Waals surface area (Å²) < 4.78 is 26.0. The summed E-state index contributed by atoms with van der Waals surface area (Å²) in [7, 11) is 0. The van der Waals surface area contributed by atoms with Crippen LogP contribution in [0.2, 0.25) is 0 Å². The average molecular weight is 350 g/mol. The third-order valence-electron chi connectivity index (χ3n) is 3.29. The molecule has 0 spiro atoms. The number of terminal acetylenes is 1. The van der Waals surface area contributed by atoms with Crippen LogP contribution in [0.15, 0.2) is 0 Å². The molecule has 1 rings (SSSR count). The Balaban J connectivity index is 2.03. The lowest BCUT2D eigenvalue weighted by atomic mass is 9.99. The maximum atomic E-state index is 9.76. The van der Waals surface area contributed by atoms with Gasteiger partial charge in [0.15, 0.2) is 6.29 Å². The Morgan fingerprint density at radius 2 is 1.42 bits per heavy atom. The summed E-state index contributed by atoms with van der Waals surface area (Å²) in [6.07, 6.45) is -1.37. The number of rotatable bonds is 12. The van der Waals surface area contributed by atoms with Gasteiger partial charge < -0.3 is 44.1 Å². The topological polar surface area (TPSA) is 127 Å². The van der Waals surface area contributed by atoms with Gasteiger partial charge in [-0.15, -0.1) is 6.42 Å². The molecule has 0 amide bonds. The lowest BCUT2D eigenvalue weighted by Gasteiger charge is -2.39. The zero-order valence-corrected chi connectivity index (χ0v) is 13.5. The van der Waals surface area contributed by atoms with Crippen molar-refractivity contribution in [2.75, 3.05) is 52.9 Å². The van der Waals surface area contributed by atoms with Crippen molar-refractivity contribution in [3.63, 3.8) is 0 Å². The first kappa shape index (κ1) is 21.2. The van der Waals surface area contributed by atoms with Crippen molar-refractivity contribution in [3.05, 3.63) is 0 Å². The minimum Gasteiger partial charge on any atom is -0.394 e. The second kappa shape index (κ2) is 12.5. The highest BCUT2D eigenvalue weighted by atomic mass is 16.7. The largest absolute Gasteiger partial charge is 0.394 e. The number of hydrogen-bond donors (Lipinski definition) is 4. The summed E-state index contributed by atoms with van der Waals surface area (Å²) in [5, 5.41) is 38.0. The minimum atomic E-state index is -1.45. The van der Waals surface area contributed by atoms with Crippen LogP contribution < -0.4 is 0 Å². The zero-order valence-electron chi connectivity index (χ0n) is 13.5. The molecule has 140 valence electrons. The van der Waals surface area contributed by atoms with Gasteiger partial charge >= 0.3 is 0 Å².